The van der Waals surface area contributed by atoms with Crippen LogP contribution in [0.3, 0.4) is 0 Å². The van der Waals surface area contributed by atoms with Gasteiger partial charge in [0.05, 0.1) is 22.8 Å². The van der Waals surface area contributed by atoms with E-state index in [9.17, 15) is 0 Å². The van der Waals surface area contributed by atoms with Crippen molar-refractivity contribution in [1.82, 2.24) is 0 Å². The molecule has 1 aliphatic carbocycles. The molecule has 1 aliphatic rings. The Balaban J connectivity index is 0.00000432. The molecule has 1 atom stereocenters. The van der Waals surface area contributed by atoms with Gasteiger partial charge in [-0.1, -0.05) is 106 Å². The fourth-order valence-electron chi connectivity index (χ4n) is 4.82. The molecule has 1 unspecified atom stereocenters. The van der Waals surface area contributed by atoms with Gasteiger partial charge in [0.1, 0.15) is 0 Å². The van der Waals surface area contributed by atoms with Gasteiger partial charge < -0.3 is 0 Å². The number of hydrogen-bond acceptors (Lipinski definition) is 2. The minimum Gasteiger partial charge on any atom is -0.251 e. The third-order valence-corrected chi connectivity index (χ3v) is 7.08. The van der Waals surface area contributed by atoms with Crippen LogP contribution >= 0.6 is 0 Å². The zero-order chi connectivity index (χ0) is 25.4. The predicted octanol–water partition coefficient (Wildman–Crippen LogP) is 9.80. The van der Waals surface area contributed by atoms with Crippen LogP contribution in [-0.4, -0.2) is 11.4 Å². The van der Waals surface area contributed by atoms with E-state index >= 15 is 0 Å². The first kappa shape index (κ1) is 29.5. The normalized spacial score (nSPS) is 19.2. The van der Waals surface area contributed by atoms with E-state index in [2.05, 4.69) is 113 Å². The molecule has 0 aromatic heterocycles. The topological polar surface area (TPSA) is 24.7 Å². The Morgan fingerprint density at radius 1 is 0.800 bits per heavy atom. The second-order valence-electron chi connectivity index (χ2n) is 12.8. The molecule has 0 radical (unpaired) electrons. The van der Waals surface area contributed by atoms with E-state index in [0.29, 0.717) is 17.8 Å². The molecular formula is C32H46N2Ni. The van der Waals surface area contributed by atoms with E-state index in [1.165, 1.54) is 33.7 Å². The molecule has 3 rings (SSSR count). The first-order chi connectivity index (χ1) is 15.7. The molecule has 1 fully saturated rings. The van der Waals surface area contributed by atoms with Gasteiger partial charge in [-0.15, -0.1) is 0 Å². The smallest absolute Gasteiger partial charge is 0.0703 e. The van der Waals surface area contributed by atoms with Crippen LogP contribution in [0.2, 0.25) is 0 Å². The largest absolute Gasteiger partial charge is 0.251 e. The predicted molar refractivity (Wildman–Crippen MR) is 151 cm³/mol. The number of nitrogens with zero attached hydrogens (tertiary/aromatic N) is 2. The van der Waals surface area contributed by atoms with Crippen molar-refractivity contribution in [2.24, 2.45) is 15.9 Å². The van der Waals surface area contributed by atoms with Crippen molar-refractivity contribution in [2.45, 2.75) is 112 Å². The van der Waals surface area contributed by atoms with Crippen LogP contribution < -0.4 is 0 Å². The second kappa shape index (κ2) is 11.1. The quantitative estimate of drug-likeness (QED) is 0.361. The number of rotatable bonds is 4. The number of para-hydroxylation sites is 1. The van der Waals surface area contributed by atoms with E-state index in [1.54, 1.807) is 0 Å². The van der Waals surface area contributed by atoms with Crippen molar-refractivity contribution in [3.8, 4) is 0 Å². The van der Waals surface area contributed by atoms with Crippen molar-refractivity contribution < 1.29 is 16.5 Å². The summed E-state index contributed by atoms with van der Waals surface area (Å²) in [6.07, 6.45) is 2.10. The molecule has 0 aliphatic heterocycles. The first-order valence-corrected chi connectivity index (χ1v) is 13.1. The molecule has 0 heterocycles. The summed E-state index contributed by atoms with van der Waals surface area (Å²) in [7, 11) is 0. The van der Waals surface area contributed by atoms with Gasteiger partial charge in [0.2, 0.25) is 0 Å². The Morgan fingerprint density at radius 3 is 1.86 bits per heavy atom. The van der Waals surface area contributed by atoms with Crippen LogP contribution in [-0.2, 0) is 27.3 Å². The molecule has 0 bridgehead atoms. The Hall–Kier alpha value is -1.73. The molecule has 3 heteroatoms. The minimum absolute atomic E-state index is 0. The molecule has 0 amide bonds. The monoisotopic (exact) mass is 516 g/mol. The van der Waals surface area contributed by atoms with E-state index < -0.39 is 0 Å². The minimum atomic E-state index is 0. The maximum Gasteiger partial charge on any atom is 0.0703 e. The summed E-state index contributed by atoms with van der Waals surface area (Å²) in [5.74, 6) is 1.29. The van der Waals surface area contributed by atoms with Gasteiger partial charge in [0, 0.05) is 22.4 Å². The molecule has 2 aromatic rings. The Morgan fingerprint density at radius 2 is 1.37 bits per heavy atom. The summed E-state index contributed by atoms with van der Waals surface area (Å²) < 4.78 is 0. The van der Waals surface area contributed by atoms with Gasteiger partial charge in [0.15, 0.2) is 0 Å². The van der Waals surface area contributed by atoms with Gasteiger partial charge in [-0.2, -0.15) is 0 Å². The van der Waals surface area contributed by atoms with Crippen LogP contribution in [0.15, 0.2) is 46.4 Å². The first-order valence-electron chi connectivity index (χ1n) is 13.1. The van der Waals surface area contributed by atoms with Crippen molar-refractivity contribution in [3.05, 3.63) is 58.7 Å². The van der Waals surface area contributed by atoms with Crippen LogP contribution in [0.25, 0.3) is 0 Å². The molecule has 1 saturated carbocycles. The third-order valence-electron chi connectivity index (χ3n) is 7.08. The van der Waals surface area contributed by atoms with Gasteiger partial charge in [-0.3, -0.25) is 9.98 Å². The maximum absolute atomic E-state index is 5.41. The molecule has 2 aromatic carbocycles. The average Bonchev–Trinajstić information content (AvgIpc) is 3.05. The number of benzene rings is 2. The van der Waals surface area contributed by atoms with E-state index in [1.807, 2.05) is 0 Å². The number of aliphatic imine (C=N–C) groups is 2. The van der Waals surface area contributed by atoms with Crippen molar-refractivity contribution in [3.63, 3.8) is 0 Å². The van der Waals surface area contributed by atoms with Gasteiger partial charge in [-0.05, 0) is 63.8 Å². The zero-order valence-electron chi connectivity index (χ0n) is 23.8. The van der Waals surface area contributed by atoms with Crippen molar-refractivity contribution in [1.29, 1.82) is 0 Å². The zero-order valence-corrected chi connectivity index (χ0v) is 24.8. The maximum atomic E-state index is 5.41. The average molecular weight is 517 g/mol. The van der Waals surface area contributed by atoms with E-state index in [-0.39, 0.29) is 27.3 Å². The summed E-state index contributed by atoms with van der Waals surface area (Å²) in [4.78, 5) is 10.8. The molecular weight excluding hydrogens is 471 g/mol. The Labute approximate surface area is 225 Å². The summed E-state index contributed by atoms with van der Waals surface area (Å²) in [5.41, 5.74) is 10.0. The van der Waals surface area contributed by atoms with Crippen LogP contribution in [0, 0.1) is 5.92 Å². The summed E-state index contributed by atoms with van der Waals surface area (Å²) in [6.45, 7) is 25.0. The van der Waals surface area contributed by atoms with Gasteiger partial charge in [-0.25, -0.2) is 0 Å². The van der Waals surface area contributed by atoms with Crippen LogP contribution in [0.5, 0.6) is 0 Å². The fraction of sp³-hybridized carbons (Fsp3) is 0.562. The third kappa shape index (κ3) is 6.73. The second-order valence-corrected chi connectivity index (χ2v) is 12.8. The van der Waals surface area contributed by atoms with E-state index in [0.717, 1.165) is 24.2 Å². The van der Waals surface area contributed by atoms with Gasteiger partial charge >= 0.3 is 0 Å². The van der Waals surface area contributed by atoms with Crippen LogP contribution in [0.1, 0.15) is 123 Å². The molecule has 35 heavy (non-hydrogen) atoms. The van der Waals surface area contributed by atoms with Crippen molar-refractivity contribution in [2.75, 3.05) is 0 Å². The summed E-state index contributed by atoms with van der Waals surface area (Å²) >= 11 is 0. The fourth-order valence-corrected chi connectivity index (χ4v) is 4.82. The SMILES string of the molecule is CC1CCC(=Nc2cc(C(C)(C)C)ccc2C(C)(C)C)C1=Nc1c(C(C)C)cccc1C(C)C.[Ni]. The van der Waals surface area contributed by atoms with Crippen molar-refractivity contribution >= 4 is 22.8 Å². The standard InChI is InChI=1S/C32H46N2.Ni/c1-20(2)24-13-12-14-25(21(3)4)30(24)34-29-22(5)15-18-27(29)33-28-19-23(31(6,7)8)16-17-26(28)32(9,10)11;/h12-14,16-17,19-22H,15,18H2,1-11H3;. The number of hydrogen-bond donors (Lipinski definition) is 0. The molecule has 2 nitrogen and oxygen atoms in total. The summed E-state index contributed by atoms with van der Waals surface area (Å²) in [5, 5.41) is 0. The molecule has 0 saturated heterocycles. The van der Waals surface area contributed by atoms with Gasteiger partial charge in [0.25, 0.3) is 0 Å². The molecule has 0 spiro atoms. The van der Waals surface area contributed by atoms with Crippen LogP contribution in [0.4, 0.5) is 11.4 Å². The Kier molecular flexibility index (Phi) is 9.38. The molecule has 0 N–H and O–H groups in total. The van der Waals surface area contributed by atoms with E-state index in [4.69, 9.17) is 9.98 Å². The Bertz CT molecular complexity index is 1070. The summed E-state index contributed by atoms with van der Waals surface area (Å²) in [6, 6.07) is 13.6. The molecule has 194 valence electrons.